The highest BCUT2D eigenvalue weighted by Gasteiger charge is 2.39. The highest BCUT2D eigenvalue weighted by Crippen LogP contribution is 2.30. The summed E-state index contributed by atoms with van der Waals surface area (Å²) in [6, 6.07) is 2.82. The Bertz CT molecular complexity index is 1280. The number of aliphatic hydroxyl groups excluding tert-OH is 1. The lowest BCUT2D eigenvalue weighted by molar-refractivity contribution is -0.150. The maximum Gasteiger partial charge on any atom is 0.547 e. The fourth-order valence-electron chi connectivity index (χ4n) is 3.27. The van der Waals surface area contributed by atoms with Gasteiger partial charge in [-0.15, -0.1) is 11.3 Å². The minimum atomic E-state index is -1.80. The Balaban J connectivity index is 1.83. The van der Waals surface area contributed by atoms with E-state index < -0.39 is 60.8 Å². The van der Waals surface area contributed by atoms with Crippen LogP contribution in [0.5, 0.6) is 5.75 Å². The third-order valence-electron chi connectivity index (χ3n) is 5.34. The number of carbonyl (C=O) groups is 4. The number of aliphatic carboxylic acids is 1. The number of benzene rings is 1. The molecule has 0 aliphatic carbocycles. The molecule has 0 radical (unpaired) electrons. The zero-order valence-corrected chi connectivity index (χ0v) is 20.9. The van der Waals surface area contributed by atoms with E-state index in [1.807, 2.05) is 0 Å². The fraction of sp³-hybridized carbons (Fsp3) is 0.333. The van der Waals surface area contributed by atoms with Crippen molar-refractivity contribution in [1.29, 1.82) is 0 Å². The van der Waals surface area contributed by atoms with Crippen molar-refractivity contribution in [3.63, 3.8) is 0 Å². The third-order valence-corrected chi connectivity index (χ3v) is 6.02. The van der Waals surface area contributed by atoms with E-state index in [-0.39, 0.29) is 28.6 Å². The van der Waals surface area contributed by atoms with Gasteiger partial charge in [-0.05, 0) is 31.9 Å². The topological polar surface area (TPSA) is 243 Å². The predicted molar refractivity (Wildman–Crippen MR) is 133 cm³/mol. The highest BCUT2D eigenvalue weighted by atomic mass is 32.1. The fourth-order valence-corrected chi connectivity index (χ4v) is 3.82. The molecule has 2 amide bonds. The maximum absolute atomic E-state index is 13.2. The second-order valence-electron chi connectivity index (χ2n) is 8.55. The van der Waals surface area contributed by atoms with Gasteiger partial charge >= 0.3 is 19.1 Å². The first kappa shape index (κ1) is 28.4. The van der Waals surface area contributed by atoms with E-state index in [9.17, 15) is 29.3 Å². The molecule has 2 heterocycles. The normalized spacial score (nSPS) is 16.1. The maximum atomic E-state index is 13.2. The summed E-state index contributed by atoms with van der Waals surface area (Å²) >= 11 is 0.994. The summed E-state index contributed by atoms with van der Waals surface area (Å²) in [6.07, 6.45) is 0.0162. The van der Waals surface area contributed by atoms with Gasteiger partial charge in [0.05, 0.1) is 18.1 Å². The Morgan fingerprint density at radius 3 is 2.63 bits per heavy atom. The van der Waals surface area contributed by atoms with Crippen molar-refractivity contribution in [2.75, 3.05) is 12.3 Å². The van der Waals surface area contributed by atoms with Gasteiger partial charge in [0.25, 0.3) is 11.8 Å². The van der Waals surface area contributed by atoms with Crippen molar-refractivity contribution in [2.24, 2.45) is 5.16 Å². The first-order valence-electron chi connectivity index (χ1n) is 11.0. The number of amides is 2. The van der Waals surface area contributed by atoms with E-state index in [2.05, 4.69) is 20.8 Å². The van der Waals surface area contributed by atoms with Gasteiger partial charge in [-0.2, -0.15) is 0 Å². The molecule has 1 aliphatic heterocycles. The van der Waals surface area contributed by atoms with Crippen molar-refractivity contribution in [3.05, 3.63) is 40.4 Å². The number of fused-ring (bicyclic) bond motifs is 1. The molecular formula is C21H24BN5O10S. The van der Waals surface area contributed by atoms with Crippen LogP contribution in [0.1, 0.15) is 35.5 Å². The van der Waals surface area contributed by atoms with Gasteiger partial charge in [0, 0.05) is 5.38 Å². The molecule has 1 aromatic carbocycles. The number of rotatable bonds is 10. The van der Waals surface area contributed by atoms with Crippen LogP contribution in [0.25, 0.3) is 0 Å². The molecule has 2 atom stereocenters. The second-order valence-corrected chi connectivity index (χ2v) is 9.44. The zero-order chi connectivity index (χ0) is 28.2. The summed E-state index contributed by atoms with van der Waals surface area (Å²) < 4.78 is 5.37. The Morgan fingerprint density at radius 2 is 2.05 bits per heavy atom. The van der Waals surface area contributed by atoms with Crippen LogP contribution in [0.15, 0.2) is 28.7 Å². The van der Waals surface area contributed by atoms with Crippen molar-refractivity contribution in [3.8, 4) is 5.75 Å². The Labute approximate surface area is 219 Å². The number of carbonyl (C=O) groups excluding carboxylic acids is 2. The number of carboxylic acids is 2. The summed E-state index contributed by atoms with van der Waals surface area (Å²) in [4.78, 5) is 57.5. The van der Waals surface area contributed by atoms with Crippen LogP contribution in [0.2, 0.25) is 0 Å². The number of aromatic nitrogens is 1. The molecule has 0 saturated carbocycles. The molecule has 0 spiro atoms. The summed E-state index contributed by atoms with van der Waals surface area (Å²) in [6.45, 7) is 1.64. The first-order valence-corrected chi connectivity index (χ1v) is 11.8. The number of hydrogen-bond acceptors (Lipinski definition) is 12. The van der Waals surface area contributed by atoms with Gasteiger partial charge in [-0.25, -0.2) is 14.6 Å². The lowest BCUT2D eigenvalue weighted by atomic mass is 9.72. The Morgan fingerprint density at radius 1 is 1.34 bits per heavy atom. The third kappa shape index (κ3) is 6.37. The second kappa shape index (κ2) is 11.4. The smallest absolute Gasteiger partial charge is 0.534 e. The SMILES string of the molecule is CC(C)(O/N=C(\C(=O)N[C@H]1Cc2cccc(C(=O)O)c2OB1O)c1csc(N)n1)C(=O)N[C@@H](CO)C(=O)O. The van der Waals surface area contributed by atoms with Crippen molar-refractivity contribution in [2.45, 2.75) is 37.9 Å². The van der Waals surface area contributed by atoms with Gasteiger partial charge in [0.15, 0.2) is 10.8 Å². The number of nitrogens with two attached hydrogens (primary N) is 1. The van der Waals surface area contributed by atoms with Crippen LogP contribution in [0.3, 0.4) is 0 Å². The molecule has 0 fully saturated rings. The van der Waals surface area contributed by atoms with Crippen LogP contribution in [-0.2, 0) is 25.6 Å². The van der Waals surface area contributed by atoms with Crippen molar-refractivity contribution >= 4 is 53.1 Å². The first-order chi connectivity index (χ1) is 17.8. The molecular weight excluding hydrogens is 525 g/mol. The number of aromatic carboxylic acids is 1. The lowest BCUT2D eigenvalue weighted by Gasteiger charge is -2.29. The number of aliphatic hydroxyl groups is 1. The van der Waals surface area contributed by atoms with Gasteiger partial charge in [-0.3, -0.25) is 9.59 Å². The minimum absolute atomic E-state index is 0.0141. The predicted octanol–water partition coefficient (Wildman–Crippen LogP) is -1.38. The number of para-hydroxylation sites is 1. The number of anilines is 1. The number of nitrogens with one attached hydrogen (secondary N) is 2. The van der Waals surface area contributed by atoms with Crippen LogP contribution >= 0.6 is 11.3 Å². The molecule has 1 aliphatic rings. The monoisotopic (exact) mass is 549 g/mol. The quantitative estimate of drug-likeness (QED) is 0.103. The molecule has 17 heteroatoms. The summed E-state index contributed by atoms with van der Waals surface area (Å²) in [5, 5.41) is 47.9. The van der Waals surface area contributed by atoms with Crippen LogP contribution < -0.4 is 21.0 Å². The van der Waals surface area contributed by atoms with E-state index in [1.54, 1.807) is 6.07 Å². The largest absolute Gasteiger partial charge is 0.547 e. The van der Waals surface area contributed by atoms with Gasteiger partial charge in [0.2, 0.25) is 5.60 Å². The highest BCUT2D eigenvalue weighted by molar-refractivity contribution is 7.13. The van der Waals surface area contributed by atoms with Crippen LogP contribution in [-0.4, -0.2) is 86.1 Å². The van der Waals surface area contributed by atoms with Gasteiger partial charge in [-0.1, -0.05) is 17.3 Å². The van der Waals surface area contributed by atoms with Gasteiger partial charge < -0.3 is 46.2 Å². The molecule has 0 saturated heterocycles. The summed E-state index contributed by atoms with van der Waals surface area (Å²) in [7, 11) is -1.61. The number of carboxylic acid groups (broad SMARTS) is 2. The summed E-state index contributed by atoms with van der Waals surface area (Å²) in [5.41, 5.74) is 3.73. The van der Waals surface area contributed by atoms with E-state index in [0.717, 1.165) is 11.3 Å². The average molecular weight is 549 g/mol. The molecule has 8 N–H and O–H groups in total. The number of hydrogen-bond donors (Lipinski definition) is 7. The number of thiazole rings is 1. The minimum Gasteiger partial charge on any atom is -0.534 e. The Hall–Kier alpha value is -4.22. The molecule has 15 nitrogen and oxygen atoms in total. The van der Waals surface area contributed by atoms with Crippen LogP contribution in [0, 0.1) is 0 Å². The standard InChI is InChI=1S/C21H24BN5O10S/c1-21(2,19(34)24-11(7-28)18(32)33)37-27-14(12-8-38-20(23)25-12)16(29)26-13-6-9-4-3-5-10(17(30)31)15(9)36-22(13)35/h3-5,8,11,13,28,35H,6-7H2,1-2H3,(H2,23,25)(H,24,34)(H,26,29)(H,30,31)(H,32,33)/b27-14-/t11-,13-/m0/s1. The molecule has 38 heavy (non-hydrogen) atoms. The van der Waals surface area contributed by atoms with Crippen molar-refractivity contribution < 1.29 is 49.0 Å². The lowest BCUT2D eigenvalue weighted by Crippen LogP contribution is -2.55. The van der Waals surface area contributed by atoms with E-state index in [0.29, 0.717) is 5.56 Å². The molecule has 0 unspecified atom stereocenters. The number of nitrogens with zero attached hydrogens (tertiary/aromatic N) is 2. The van der Waals surface area contributed by atoms with Crippen LogP contribution in [0.4, 0.5) is 5.13 Å². The molecule has 0 bridgehead atoms. The van der Waals surface area contributed by atoms with E-state index >= 15 is 0 Å². The molecule has 2 aromatic rings. The Kier molecular flexibility index (Phi) is 8.54. The number of oxime groups is 1. The molecule has 3 rings (SSSR count). The van der Waals surface area contributed by atoms with Gasteiger partial charge in [0.1, 0.15) is 17.5 Å². The zero-order valence-electron chi connectivity index (χ0n) is 20.1. The van der Waals surface area contributed by atoms with E-state index in [1.165, 1.54) is 31.4 Å². The van der Waals surface area contributed by atoms with Crippen molar-refractivity contribution in [1.82, 2.24) is 15.6 Å². The molecule has 1 aromatic heterocycles. The average Bonchev–Trinajstić information content (AvgIpc) is 3.27. The molecule has 202 valence electrons. The summed E-state index contributed by atoms with van der Waals surface area (Å²) in [5.74, 6) is -5.60. The number of nitrogen functional groups attached to an aromatic ring is 1. The van der Waals surface area contributed by atoms with E-state index in [4.69, 9.17) is 25.4 Å².